The Kier molecular flexibility index (Phi) is 4.43. The number of amidine groups is 1. The van der Waals surface area contributed by atoms with Crippen molar-refractivity contribution in [3.8, 4) is 0 Å². The van der Waals surface area contributed by atoms with Gasteiger partial charge in [0.25, 0.3) is 0 Å². The predicted molar refractivity (Wildman–Crippen MR) is 77.3 cm³/mol. The average molecular weight is 261 g/mol. The first-order valence-corrected chi connectivity index (χ1v) is 6.94. The normalized spacial score (nSPS) is 25.5. The summed E-state index contributed by atoms with van der Waals surface area (Å²) in [5, 5.41) is 11.8. The van der Waals surface area contributed by atoms with Gasteiger partial charge in [0.05, 0.1) is 0 Å². The third kappa shape index (κ3) is 3.26. The van der Waals surface area contributed by atoms with Gasteiger partial charge in [0, 0.05) is 24.2 Å². The van der Waals surface area contributed by atoms with Gasteiger partial charge in [-0.15, -0.1) is 0 Å². The Morgan fingerprint density at radius 2 is 2.05 bits per heavy atom. The summed E-state index contributed by atoms with van der Waals surface area (Å²) >= 11 is 0. The molecule has 4 nitrogen and oxygen atoms in total. The Hall–Kier alpha value is -1.55. The quantitative estimate of drug-likeness (QED) is 0.380. The van der Waals surface area contributed by atoms with Crippen LogP contribution in [0.4, 0.5) is 0 Å². The van der Waals surface area contributed by atoms with E-state index in [4.69, 9.17) is 10.9 Å². The Morgan fingerprint density at radius 3 is 2.68 bits per heavy atom. The Morgan fingerprint density at radius 1 is 1.37 bits per heavy atom. The molecule has 2 unspecified atom stereocenters. The number of rotatable bonds is 3. The van der Waals surface area contributed by atoms with Crippen LogP contribution in [0.5, 0.6) is 0 Å². The van der Waals surface area contributed by atoms with E-state index in [2.05, 4.69) is 30.0 Å². The zero-order chi connectivity index (χ0) is 13.8. The third-order valence-electron chi connectivity index (χ3n) is 4.07. The fourth-order valence-corrected chi connectivity index (χ4v) is 2.88. The highest BCUT2D eigenvalue weighted by Gasteiger charge is 2.24. The maximum atomic E-state index is 8.74. The Bertz CT molecular complexity index is 448. The molecule has 104 valence electrons. The molecular formula is C15H23N3O. The number of nitrogens with zero attached hydrogens (tertiary/aromatic N) is 2. The molecule has 1 saturated heterocycles. The lowest BCUT2D eigenvalue weighted by Crippen LogP contribution is -2.42. The SMILES string of the molecule is CC1CCCC(C)N1Cc1cccc(/C(N)=N/O)c1. The number of piperidine rings is 1. The highest BCUT2D eigenvalue weighted by Crippen LogP contribution is 2.24. The second kappa shape index (κ2) is 6.06. The Balaban J connectivity index is 2.14. The standard InChI is InChI=1S/C15H23N3O/c1-11-5-3-6-12(2)18(11)10-13-7-4-8-14(9-13)15(16)17-19/h4,7-9,11-12,19H,3,5-6,10H2,1-2H3,(H2,16,17). The van der Waals surface area contributed by atoms with E-state index in [0.717, 1.165) is 12.1 Å². The smallest absolute Gasteiger partial charge is 0.170 e. The summed E-state index contributed by atoms with van der Waals surface area (Å²) in [6.45, 7) is 5.51. The second-order valence-electron chi connectivity index (χ2n) is 5.49. The van der Waals surface area contributed by atoms with Gasteiger partial charge in [0.15, 0.2) is 5.84 Å². The van der Waals surface area contributed by atoms with Gasteiger partial charge in [0.1, 0.15) is 0 Å². The molecule has 0 saturated carbocycles. The van der Waals surface area contributed by atoms with Crippen LogP contribution in [0.1, 0.15) is 44.2 Å². The van der Waals surface area contributed by atoms with E-state index >= 15 is 0 Å². The molecule has 1 aliphatic heterocycles. The molecule has 1 aliphatic rings. The van der Waals surface area contributed by atoms with E-state index in [1.165, 1.54) is 24.8 Å². The molecule has 19 heavy (non-hydrogen) atoms. The van der Waals surface area contributed by atoms with Gasteiger partial charge in [-0.25, -0.2) is 0 Å². The van der Waals surface area contributed by atoms with Crippen molar-refractivity contribution in [1.29, 1.82) is 0 Å². The van der Waals surface area contributed by atoms with Crippen molar-refractivity contribution in [3.05, 3.63) is 35.4 Å². The molecule has 4 heteroatoms. The van der Waals surface area contributed by atoms with Crippen molar-refractivity contribution >= 4 is 5.84 Å². The van der Waals surface area contributed by atoms with Gasteiger partial charge in [-0.05, 0) is 38.3 Å². The van der Waals surface area contributed by atoms with Crippen molar-refractivity contribution in [2.75, 3.05) is 0 Å². The number of nitrogens with two attached hydrogens (primary N) is 1. The second-order valence-corrected chi connectivity index (χ2v) is 5.49. The number of hydrogen-bond acceptors (Lipinski definition) is 3. The summed E-state index contributed by atoms with van der Waals surface area (Å²) in [5.74, 6) is 0.168. The minimum atomic E-state index is 0.168. The van der Waals surface area contributed by atoms with Gasteiger partial charge in [0.2, 0.25) is 0 Å². The van der Waals surface area contributed by atoms with Gasteiger partial charge >= 0.3 is 0 Å². The fraction of sp³-hybridized carbons (Fsp3) is 0.533. The van der Waals surface area contributed by atoms with Crippen LogP contribution >= 0.6 is 0 Å². The first kappa shape index (κ1) is 13.9. The first-order valence-electron chi connectivity index (χ1n) is 6.94. The molecule has 2 atom stereocenters. The molecule has 1 aromatic rings. The van der Waals surface area contributed by atoms with Gasteiger partial charge in [-0.3, -0.25) is 4.90 Å². The van der Waals surface area contributed by atoms with Crippen LogP contribution in [0.3, 0.4) is 0 Å². The summed E-state index contributed by atoms with van der Waals surface area (Å²) in [5.41, 5.74) is 7.63. The number of likely N-dealkylation sites (tertiary alicyclic amines) is 1. The molecule has 1 aromatic carbocycles. The van der Waals surface area contributed by atoms with Crippen LogP contribution in [-0.4, -0.2) is 28.0 Å². The zero-order valence-corrected chi connectivity index (χ0v) is 11.7. The van der Waals surface area contributed by atoms with E-state index in [1.807, 2.05) is 18.2 Å². The van der Waals surface area contributed by atoms with Crippen LogP contribution in [0.15, 0.2) is 29.4 Å². The van der Waals surface area contributed by atoms with Crippen molar-refractivity contribution in [2.24, 2.45) is 10.9 Å². The van der Waals surface area contributed by atoms with Gasteiger partial charge in [-0.2, -0.15) is 0 Å². The van der Waals surface area contributed by atoms with E-state index in [-0.39, 0.29) is 5.84 Å². The lowest BCUT2D eigenvalue weighted by molar-refractivity contribution is 0.0953. The first-order chi connectivity index (χ1) is 9.11. The fourth-order valence-electron chi connectivity index (χ4n) is 2.88. The molecule has 0 amide bonds. The van der Waals surface area contributed by atoms with Crippen LogP contribution in [0.2, 0.25) is 0 Å². The van der Waals surface area contributed by atoms with Gasteiger partial charge < -0.3 is 10.9 Å². The number of hydrogen-bond donors (Lipinski definition) is 2. The average Bonchev–Trinajstić information content (AvgIpc) is 2.42. The topological polar surface area (TPSA) is 61.8 Å². The third-order valence-corrected chi connectivity index (χ3v) is 4.07. The highest BCUT2D eigenvalue weighted by atomic mass is 16.4. The maximum absolute atomic E-state index is 8.74. The van der Waals surface area contributed by atoms with Crippen molar-refractivity contribution in [1.82, 2.24) is 4.90 Å². The molecule has 1 fully saturated rings. The summed E-state index contributed by atoms with van der Waals surface area (Å²) in [6.07, 6.45) is 3.86. The summed E-state index contributed by atoms with van der Waals surface area (Å²) in [7, 11) is 0. The van der Waals surface area contributed by atoms with Crippen LogP contribution < -0.4 is 5.73 Å². The molecule has 3 N–H and O–H groups in total. The van der Waals surface area contributed by atoms with Crippen LogP contribution in [0.25, 0.3) is 0 Å². The minimum Gasteiger partial charge on any atom is -0.409 e. The molecule has 1 heterocycles. The van der Waals surface area contributed by atoms with Crippen LogP contribution in [0, 0.1) is 0 Å². The Labute approximate surface area is 114 Å². The minimum absolute atomic E-state index is 0.168. The van der Waals surface area contributed by atoms with Crippen molar-refractivity contribution < 1.29 is 5.21 Å². The summed E-state index contributed by atoms with van der Waals surface area (Å²) in [6, 6.07) is 9.17. The van der Waals surface area contributed by atoms with Crippen molar-refractivity contribution in [2.45, 2.75) is 51.7 Å². The number of benzene rings is 1. The van der Waals surface area contributed by atoms with E-state index in [9.17, 15) is 0 Å². The molecule has 0 aromatic heterocycles. The zero-order valence-electron chi connectivity index (χ0n) is 11.7. The molecule has 0 radical (unpaired) electrons. The van der Waals surface area contributed by atoms with E-state index in [1.54, 1.807) is 0 Å². The lowest BCUT2D eigenvalue weighted by atomic mass is 9.96. The lowest BCUT2D eigenvalue weighted by Gasteiger charge is -2.39. The van der Waals surface area contributed by atoms with E-state index in [0.29, 0.717) is 12.1 Å². The van der Waals surface area contributed by atoms with E-state index < -0.39 is 0 Å². The molecule has 0 aliphatic carbocycles. The molecule has 2 rings (SSSR count). The predicted octanol–water partition coefficient (Wildman–Crippen LogP) is 2.54. The largest absolute Gasteiger partial charge is 0.409 e. The number of oxime groups is 1. The highest BCUT2D eigenvalue weighted by molar-refractivity contribution is 5.97. The van der Waals surface area contributed by atoms with Gasteiger partial charge in [-0.1, -0.05) is 29.8 Å². The van der Waals surface area contributed by atoms with Crippen molar-refractivity contribution in [3.63, 3.8) is 0 Å². The van der Waals surface area contributed by atoms with Crippen LogP contribution in [-0.2, 0) is 6.54 Å². The molecular weight excluding hydrogens is 238 g/mol. The molecule has 0 bridgehead atoms. The maximum Gasteiger partial charge on any atom is 0.170 e. The molecule has 0 spiro atoms. The monoisotopic (exact) mass is 261 g/mol. The summed E-state index contributed by atoms with van der Waals surface area (Å²) in [4.78, 5) is 2.54. The summed E-state index contributed by atoms with van der Waals surface area (Å²) < 4.78 is 0.